The summed E-state index contributed by atoms with van der Waals surface area (Å²) in [5, 5.41) is 0. The van der Waals surface area contributed by atoms with E-state index >= 15 is 0 Å². The normalized spacial score (nSPS) is 12.1. The van der Waals surface area contributed by atoms with Crippen LogP contribution in [0.1, 0.15) is 18.7 Å². The minimum Gasteiger partial charge on any atom is -0.458 e. The Morgan fingerprint density at radius 2 is 2.33 bits per heavy atom. The third-order valence-corrected chi connectivity index (χ3v) is 1.37. The van der Waals surface area contributed by atoms with E-state index in [0.29, 0.717) is 18.0 Å². The molecule has 0 saturated carbocycles. The molecule has 0 bridgehead atoms. The van der Waals surface area contributed by atoms with Gasteiger partial charge >= 0.3 is 0 Å². The average molecular weight is 167 g/mol. The Morgan fingerprint density at radius 1 is 1.58 bits per heavy atom. The van der Waals surface area contributed by atoms with Crippen molar-refractivity contribution in [3.63, 3.8) is 0 Å². The van der Waals surface area contributed by atoms with Gasteiger partial charge in [0.2, 0.25) is 0 Å². The summed E-state index contributed by atoms with van der Waals surface area (Å²) in [5.74, 6) is 0.344. The highest BCUT2D eigenvalue weighted by molar-refractivity contribution is 5.38. The Labute approximate surface area is 69.6 Å². The van der Waals surface area contributed by atoms with Crippen LogP contribution in [0, 0.1) is 0 Å². The second kappa shape index (κ2) is 3.66. The molecule has 0 spiro atoms. The van der Waals surface area contributed by atoms with Crippen LogP contribution in [-0.4, -0.2) is 16.4 Å². The standard InChI is InChI=1S/C7H9N3O2/c1-5(12-4-11)6-2-10-7(8)3-9-6/h2-5H,1H3,(H2,8,10). The summed E-state index contributed by atoms with van der Waals surface area (Å²) in [6.45, 7) is 2.08. The fraction of sp³-hybridized carbons (Fsp3) is 0.286. The van der Waals surface area contributed by atoms with Crippen molar-refractivity contribution in [2.45, 2.75) is 13.0 Å². The lowest BCUT2D eigenvalue weighted by Crippen LogP contribution is -2.02. The lowest BCUT2D eigenvalue weighted by molar-refractivity contribution is -0.133. The van der Waals surface area contributed by atoms with Gasteiger partial charge in [-0.15, -0.1) is 0 Å². The van der Waals surface area contributed by atoms with Gasteiger partial charge in [0.05, 0.1) is 18.1 Å². The van der Waals surface area contributed by atoms with Crippen LogP contribution in [-0.2, 0) is 9.53 Å². The molecule has 0 aliphatic rings. The third-order valence-electron chi connectivity index (χ3n) is 1.37. The Kier molecular flexibility index (Phi) is 2.57. The Morgan fingerprint density at radius 3 is 2.83 bits per heavy atom. The first-order valence-electron chi connectivity index (χ1n) is 3.40. The van der Waals surface area contributed by atoms with Crippen molar-refractivity contribution in [1.82, 2.24) is 9.97 Å². The average Bonchev–Trinajstić information content (AvgIpc) is 2.06. The topological polar surface area (TPSA) is 78.1 Å². The van der Waals surface area contributed by atoms with Crippen molar-refractivity contribution >= 4 is 12.3 Å². The van der Waals surface area contributed by atoms with Gasteiger partial charge in [-0.05, 0) is 6.92 Å². The van der Waals surface area contributed by atoms with E-state index in [0.717, 1.165) is 0 Å². The SMILES string of the molecule is CC(OC=O)c1cnc(N)cn1. The first kappa shape index (κ1) is 8.45. The molecule has 1 atom stereocenters. The van der Waals surface area contributed by atoms with Gasteiger partial charge in [-0.3, -0.25) is 9.78 Å². The maximum Gasteiger partial charge on any atom is 0.293 e. The van der Waals surface area contributed by atoms with Crippen molar-refractivity contribution in [2.75, 3.05) is 5.73 Å². The van der Waals surface area contributed by atoms with Crippen LogP contribution >= 0.6 is 0 Å². The molecule has 0 saturated heterocycles. The molecule has 12 heavy (non-hydrogen) atoms. The molecule has 2 N–H and O–H groups in total. The molecule has 1 aromatic heterocycles. The zero-order valence-electron chi connectivity index (χ0n) is 6.60. The van der Waals surface area contributed by atoms with E-state index in [4.69, 9.17) is 5.73 Å². The van der Waals surface area contributed by atoms with Gasteiger partial charge in [-0.1, -0.05) is 0 Å². The van der Waals surface area contributed by atoms with Crippen molar-refractivity contribution in [3.05, 3.63) is 18.1 Å². The number of aromatic nitrogens is 2. The van der Waals surface area contributed by atoms with Gasteiger partial charge in [0.1, 0.15) is 11.9 Å². The molecule has 1 heterocycles. The predicted molar refractivity (Wildman–Crippen MR) is 42.0 cm³/mol. The summed E-state index contributed by atoms with van der Waals surface area (Å²) in [6.07, 6.45) is 2.51. The lowest BCUT2D eigenvalue weighted by Gasteiger charge is -2.07. The van der Waals surface area contributed by atoms with Crippen LogP contribution < -0.4 is 5.73 Å². The molecular weight excluding hydrogens is 158 g/mol. The number of ether oxygens (including phenoxy) is 1. The van der Waals surface area contributed by atoms with Gasteiger partial charge in [-0.25, -0.2) is 4.98 Å². The fourth-order valence-electron chi connectivity index (χ4n) is 0.711. The summed E-state index contributed by atoms with van der Waals surface area (Å²) < 4.78 is 4.64. The van der Waals surface area contributed by atoms with Gasteiger partial charge in [0.25, 0.3) is 6.47 Å². The van der Waals surface area contributed by atoms with E-state index in [9.17, 15) is 4.79 Å². The summed E-state index contributed by atoms with van der Waals surface area (Å²) in [4.78, 5) is 17.7. The first-order chi connectivity index (χ1) is 5.74. The second-order valence-electron chi connectivity index (χ2n) is 2.24. The molecule has 1 rings (SSSR count). The maximum absolute atomic E-state index is 9.96. The fourth-order valence-corrected chi connectivity index (χ4v) is 0.711. The van der Waals surface area contributed by atoms with Crippen molar-refractivity contribution in [2.24, 2.45) is 0 Å². The molecule has 0 aliphatic carbocycles. The van der Waals surface area contributed by atoms with Gasteiger partial charge in [-0.2, -0.15) is 0 Å². The van der Waals surface area contributed by atoms with Crippen LogP contribution in [0.4, 0.5) is 5.82 Å². The molecule has 1 aromatic rings. The van der Waals surface area contributed by atoms with E-state index < -0.39 is 0 Å². The highest BCUT2D eigenvalue weighted by atomic mass is 16.5. The van der Waals surface area contributed by atoms with E-state index in [2.05, 4.69) is 14.7 Å². The molecule has 5 nitrogen and oxygen atoms in total. The van der Waals surface area contributed by atoms with Gasteiger partial charge < -0.3 is 10.5 Å². The number of nitrogen functional groups attached to an aromatic ring is 1. The summed E-state index contributed by atoms with van der Waals surface area (Å²) in [6, 6.07) is 0. The number of anilines is 1. The summed E-state index contributed by atoms with van der Waals surface area (Å²) >= 11 is 0. The van der Waals surface area contributed by atoms with Crippen molar-refractivity contribution < 1.29 is 9.53 Å². The molecule has 0 aromatic carbocycles. The Balaban J connectivity index is 2.74. The molecule has 0 radical (unpaired) electrons. The second-order valence-corrected chi connectivity index (χ2v) is 2.24. The van der Waals surface area contributed by atoms with E-state index in [1.54, 1.807) is 6.92 Å². The predicted octanol–water partition coefficient (Wildman–Crippen LogP) is 0.293. The van der Waals surface area contributed by atoms with E-state index in [-0.39, 0.29) is 6.10 Å². The molecule has 0 amide bonds. The molecule has 0 fully saturated rings. The quantitative estimate of drug-likeness (QED) is 0.655. The number of carbonyl (C=O) groups excluding carboxylic acids is 1. The Bertz CT molecular complexity index is 260. The molecule has 0 aliphatic heterocycles. The first-order valence-corrected chi connectivity index (χ1v) is 3.40. The zero-order valence-corrected chi connectivity index (χ0v) is 6.60. The van der Waals surface area contributed by atoms with Crippen molar-refractivity contribution in [3.8, 4) is 0 Å². The summed E-state index contributed by atoms with van der Waals surface area (Å²) in [7, 11) is 0. The monoisotopic (exact) mass is 167 g/mol. The van der Waals surface area contributed by atoms with E-state index in [1.807, 2.05) is 0 Å². The van der Waals surface area contributed by atoms with Crippen LogP contribution in [0.25, 0.3) is 0 Å². The number of hydrogen-bond donors (Lipinski definition) is 1. The lowest BCUT2D eigenvalue weighted by atomic mass is 10.3. The van der Waals surface area contributed by atoms with Gasteiger partial charge in [0, 0.05) is 0 Å². The number of nitrogens with two attached hydrogens (primary N) is 1. The largest absolute Gasteiger partial charge is 0.458 e. The van der Waals surface area contributed by atoms with Gasteiger partial charge in [0.15, 0.2) is 0 Å². The maximum atomic E-state index is 9.96. The highest BCUT2D eigenvalue weighted by Gasteiger charge is 2.06. The molecular formula is C7H9N3O2. The number of nitrogens with zero attached hydrogens (tertiary/aromatic N) is 2. The van der Waals surface area contributed by atoms with E-state index in [1.165, 1.54) is 12.4 Å². The van der Waals surface area contributed by atoms with Crippen LogP contribution in [0.3, 0.4) is 0 Å². The smallest absolute Gasteiger partial charge is 0.293 e. The molecule has 64 valence electrons. The zero-order chi connectivity index (χ0) is 8.97. The number of rotatable bonds is 3. The number of hydrogen-bond acceptors (Lipinski definition) is 5. The minimum atomic E-state index is -0.379. The molecule has 1 unspecified atom stereocenters. The third kappa shape index (κ3) is 1.91. The van der Waals surface area contributed by atoms with Crippen LogP contribution in [0.5, 0.6) is 0 Å². The number of carbonyl (C=O) groups is 1. The summed E-state index contributed by atoms with van der Waals surface area (Å²) in [5.41, 5.74) is 5.90. The Hall–Kier alpha value is -1.65. The molecule has 5 heteroatoms. The van der Waals surface area contributed by atoms with Crippen molar-refractivity contribution in [1.29, 1.82) is 0 Å². The van der Waals surface area contributed by atoms with Crippen LogP contribution in [0.15, 0.2) is 12.4 Å². The van der Waals surface area contributed by atoms with Crippen LogP contribution in [0.2, 0.25) is 0 Å². The highest BCUT2D eigenvalue weighted by Crippen LogP contribution is 2.11. The minimum absolute atomic E-state index is 0.344.